The Labute approximate surface area is 137 Å². The highest BCUT2D eigenvalue weighted by Crippen LogP contribution is 2.25. The zero-order chi connectivity index (χ0) is 15.5. The Kier molecular flexibility index (Phi) is 4.27. The first-order valence-corrected chi connectivity index (χ1v) is 7.46. The van der Waals surface area contributed by atoms with Crippen LogP contribution in [0, 0.1) is 0 Å². The number of halogens is 2. The van der Waals surface area contributed by atoms with E-state index in [2.05, 4.69) is 5.10 Å². The molecule has 0 bridgehead atoms. The standard InChI is InChI=1S/C17H12Cl2N2O/c18-14-8-6-13(7-9-14)15-10-20-21(17(22)16(15)19)11-12-4-2-1-3-5-12/h1-10H,11H2. The van der Waals surface area contributed by atoms with Gasteiger partial charge in [-0.1, -0.05) is 65.7 Å². The lowest BCUT2D eigenvalue weighted by Gasteiger charge is -2.08. The fourth-order valence-corrected chi connectivity index (χ4v) is 2.55. The molecular weight excluding hydrogens is 319 g/mol. The van der Waals surface area contributed by atoms with Gasteiger partial charge in [-0.05, 0) is 23.3 Å². The van der Waals surface area contributed by atoms with E-state index in [0.717, 1.165) is 11.1 Å². The first-order chi connectivity index (χ1) is 10.6. The molecule has 0 amide bonds. The van der Waals surface area contributed by atoms with Crippen LogP contribution >= 0.6 is 23.2 Å². The van der Waals surface area contributed by atoms with Crippen LogP contribution in [0.5, 0.6) is 0 Å². The Balaban J connectivity index is 1.98. The fourth-order valence-electron chi connectivity index (χ4n) is 2.16. The number of rotatable bonds is 3. The first-order valence-electron chi connectivity index (χ1n) is 6.70. The van der Waals surface area contributed by atoms with Crippen LogP contribution in [0.25, 0.3) is 11.1 Å². The third-order valence-electron chi connectivity index (χ3n) is 3.32. The molecule has 3 nitrogen and oxygen atoms in total. The van der Waals surface area contributed by atoms with Crippen LogP contribution in [0.2, 0.25) is 10.0 Å². The van der Waals surface area contributed by atoms with Gasteiger partial charge in [0.05, 0.1) is 12.7 Å². The third kappa shape index (κ3) is 3.06. The van der Waals surface area contributed by atoms with Crippen LogP contribution in [-0.2, 0) is 6.54 Å². The maximum Gasteiger partial charge on any atom is 0.286 e. The van der Waals surface area contributed by atoms with E-state index in [9.17, 15) is 4.79 Å². The Morgan fingerprint density at radius 2 is 1.64 bits per heavy atom. The van der Waals surface area contributed by atoms with Crippen LogP contribution in [0.1, 0.15) is 5.56 Å². The molecule has 110 valence electrons. The highest BCUT2D eigenvalue weighted by Gasteiger charge is 2.11. The van der Waals surface area contributed by atoms with Gasteiger partial charge in [-0.25, -0.2) is 4.68 Å². The van der Waals surface area contributed by atoms with E-state index in [-0.39, 0.29) is 10.6 Å². The minimum absolute atomic E-state index is 0.160. The summed E-state index contributed by atoms with van der Waals surface area (Å²) in [5.74, 6) is 0. The first kappa shape index (κ1) is 14.8. The van der Waals surface area contributed by atoms with Crippen LogP contribution < -0.4 is 5.56 Å². The van der Waals surface area contributed by atoms with Crippen molar-refractivity contribution in [1.29, 1.82) is 0 Å². The number of nitrogens with zero attached hydrogens (tertiary/aromatic N) is 2. The van der Waals surface area contributed by atoms with Crippen LogP contribution in [0.15, 0.2) is 65.6 Å². The summed E-state index contributed by atoms with van der Waals surface area (Å²) < 4.78 is 1.36. The van der Waals surface area contributed by atoms with Crippen molar-refractivity contribution in [3.8, 4) is 11.1 Å². The summed E-state index contributed by atoms with van der Waals surface area (Å²) in [4.78, 5) is 12.4. The van der Waals surface area contributed by atoms with Gasteiger partial charge in [0.15, 0.2) is 0 Å². The molecule has 0 radical (unpaired) electrons. The lowest BCUT2D eigenvalue weighted by atomic mass is 10.1. The smallest absolute Gasteiger partial charge is 0.266 e. The van der Waals surface area contributed by atoms with E-state index in [1.807, 2.05) is 42.5 Å². The summed E-state index contributed by atoms with van der Waals surface area (Å²) in [5.41, 5.74) is 2.10. The quantitative estimate of drug-likeness (QED) is 0.718. The highest BCUT2D eigenvalue weighted by atomic mass is 35.5. The van der Waals surface area contributed by atoms with Crippen LogP contribution in [0.4, 0.5) is 0 Å². The number of hydrogen-bond donors (Lipinski definition) is 0. The van der Waals surface area contributed by atoms with Crippen molar-refractivity contribution >= 4 is 23.2 Å². The second-order valence-corrected chi connectivity index (χ2v) is 5.64. The molecule has 3 rings (SSSR count). The van der Waals surface area contributed by atoms with Gasteiger partial charge in [-0.15, -0.1) is 0 Å². The molecule has 0 aliphatic heterocycles. The molecule has 0 unspecified atom stereocenters. The van der Waals surface area contributed by atoms with Crippen molar-refractivity contribution in [2.75, 3.05) is 0 Å². The lowest BCUT2D eigenvalue weighted by Crippen LogP contribution is -2.24. The van der Waals surface area contributed by atoms with Gasteiger partial charge in [0, 0.05) is 10.6 Å². The summed E-state index contributed by atoms with van der Waals surface area (Å²) in [6.07, 6.45) is 1.61. The Hall–Kier alpha value is -2.10. The monoisotopic (exact) mass is 330 g/mol. The van der Waals surface area contributed by atoms with Gasteiger partial charge in [0.1, 0.15) is 5.02 Å². The molecule has 22 heavy (non-hydrogen) atoms. The molecule has 0 aliphatic carbocycles. The Bertz CT molecular complexity index is 843. The highest BCUT2D eigenvalue weighted by molar-refractivity contribution is 6.33. The molecule has 0 saturated heterocycles. The average Bonchev–Trinajstić information content (AvgIpc) is 2.54. The Morgan fingerprint density at radius 1 is 0.955 bits per heavy atom. The average molecular weight is 331 g/mol. The predicted molar refractivity (Wildman–Crippen MR) is 89.5 cm³/mol. The van der Waals surface area contributed by atoms with Gasteiger partial charge in [0.2, 0.25) is 0 Å². The minimum atomic E-state index is -0.307. The van der Waals surface area contributed by atoms with Crippen molar-refractivity contribution in [2.45, 2.75) is 6.54 Å². The molecule has 2 aromatic carbocycles. The van der Waals surface area contributed by atoms with Gasteiger partial charge in [-0.3, -0.25) is 4.79 Å². The van der Waals surface area contributed by atoms with E-state index in [1.54, 1.807) is 18.3 Å². The molecule has 5 heteroatoms. The number of benzene rings is 2. The molecule has 3 aromatic rings. The summed E-state index contributed by atoms with van der Waals surface area (Å²) in [6, 6.07) is 16.8. The van der Waals surface area contributed by atoms with Crippen molar-refractivity contribution < 1.29 is 0 Å². The van der Waals surface area contributed by atoms with Crippen molar-refractivity contribution in [2.24, 2.45) is 0 Å². The topological polar surface area (TPSA) is 34.9 Å². The molecule has 0 N–H and O–H groups in total. The molecule has 1 aromatic heterocycles. The second-order valence-electron chi connectivity index (χ2n) is 4.83. The Morgan fingerprint density at radius 3 is 2.32 bits per heavy atom. The molecule has 1 heterocycles. The van der Waals surface area contributed by atoms with E-state index < -0.39 is 0 Å². The van der Waals surface area contributed by atoms with Gasteiger partial charge in [-0.2, -0.15) is 5.10 Å². The molecule has 0 spiro atoms. The van der Waals surface area contributed by atoms with E-state index >= 15 is 0 Å². The normalized spacial score (nSPS) is 10.6. The maximum absolute atomic E-state index is 12.4. The summed E-state index contributed by atoms with van der Waals surface area (Å²) >= 11 is 12.1. The maximum atomic E-state index is 12.4. The number of hydrogen-bond acceptors (Lipinski definition) is 2. The SMILES string of the molecule is O=c1c(Cl)c(-c2ccc(Cl)cc2)cnn1Cc1ccccc1. The molecule has 0 aliphatic rings. The van der Waals surface area contributed by atoms with E-state index in [0.29, 0.717) is 17.1 Å². The third-order valence-corrected chi connectivity index (χ3v) is 3.93. The second kappa shape index (κ2) is 6.34. The van der Waals surface area contributed by atoms with E-state index in [1.165, 1.54) is 4.68 Å². The molecule has 0 saturated carbocycles. The summed E-state index contributed by atoms with van der Waals surface area (Å²) in [6.45, 7) is 0.389. The summed E-state index contributed by atoms with van der Waals surface area (Å²) in [7, 11) is 0. The van der Waals surface area contributed by atoms with Crippen LogP contribution in [-0.4, -0.2) is 9.78 Å². The van der Waals surface area contributed by atoms with Gasteiger partial charge >= 0.3 is 0 Å². The van der Waals surface area contributed by atoms with Crippen molar-refractivity contribution in [3.05, 3.63) is 86.8 Å². The van der Waals surface area contributed by atoms with Crippen molar-refractivity contribution in [1.82, 2.24) is 9.78 Å². The zero-order valence-electron chi connectivity index (χ0n) is 11.5. The molecule has 0 fully saturated rings. The predicted octanol–water partition coefficient (Wildman–Crippen LogP) is 4.27. The largest absolute Gasteiger partial charge is 0.286 e. The molecular formula is C17H12Cl2N2O. The van der Waals surface area contributed by atoms with Crippen LogP contribution in [0.3, 0.4) is 0 Å². The molecule has 0 atom stereocenters. The zero-order valence-corrected chi connectivity index (χ0v) is 13.1. The fraction of sp³-hybridized carbons (Fsp3) is 0.0588. The number of aromatic nitrogens is 2. The minimum Gasteiger partial charge on any atom is -0.266 e. The lowest BCUT2D eigenvalue weighted by molar-refractivity contribution is 0.640. The summed E-state index contributed by atoms with van der Waals surface area (Å²) in [5, 5.41) is 5.01. The van der Waals surface area contributed by atoms with E-state index in [4.69, 9.17) is 23.2 Å². The van der Waals surface area contributed by atoms with Gasteiger partial charge < -0.3 is 0 Å². The van der Waals surface area contributed by atoms with Gasteiger partial charge in [0.25, 0.3) is 5.56 Å². The van der Waals surface area contributed by atoms with Crippen molar-refractivity contribution in [3.63, 3.8) is 0 Å².